The van der Waals surface area contributed by atoms with Crippen LogP contribution in [0.4, 0.5) is 11.4 Å². The minimum absolute atomic E-state index is 0.0152. The molecule has 5 heteroatoms. The molecule has 1 atom stereocenters. The number of nitrogens with zero attached hydrogens (tertiary/aromatic N) is 2. The second kappa shape index (κ2) is 8.05. The Labute approximate surface area is 166 Å². The summed E-state index contributed by atoms with van der Waals surface area (Å²) >= 11 is 0. The summed E-state index contributed by atoms with van der Waals surface area (Å²) in [4.78, 5) is 29.3. The average Bonchev–Trinajstić information content (AvgIpc) is 3.37. The van der Waals surface area contributed by atoms with Crippen LogP contribution in [-0.2, 0) is 16.1 Å². The number of rotatable bonds is 5. The maximum atomic E-state index is 12.7. The fourth-order valence-electron chi connectivity index (χ4n) is 4.11. The zero-order valence-corrected chi connectivity index (χ0v) is 16.4. The highest BCUT2D eigenvalue weighted by Crippen LogP contribution is 2.27. The number of benzene rings is 2. The number of hydrogen-bond donors (Lipinski definition) is 1. The third-order valence-corrected chi connectivity index (χ3v) is 5.73. The lowest BCUT2D eigenvalue weighted by Gasteiger charge is -2.22. The summed E-state index contributed by atoms with van der Waals surface area (Å²) in [6.07, 6.45) is 2.72. The predicted octanol–water partition coefficient (Wildman–Crippen LogP) is 3.26. The second-order valence-electron chi connectivity index (χ2n) is 7.78. The molecule has 2 heterocycles. The van der Waals surface area contributed by atoms with E-state index >= 15 is 0 Å². The Hall–Kier alpha value is -2.82. The molecule has 0 aliphatic carbocycles. The monoisotopic (exact) mass is 377 g/mol. The van der Waals surface area contributed by atoms with E-state index in [4.69, 9.17) is 0 Å². The van der Waals surface area contributed by atoms with Gasteiger partial charge in [0, 0.05) is 44.0 Å². The Bertz CT molecular complexity index is 856. The van der Waals surface area contributed by atoms with Gasteiger partial charge < -0.3 is 15.1 Å². The molecule has 0 bridgehead atoms. The van der Waals surface area contributed by atoms with Gasteiger partial charge in [-0.05, 0) is 43.5 Å². The van der Waals surface area contributed by atoms with Gasteiger partial charge in [0.25, 0.3) is 0 Å². The van der Waals surface area contributed by atoms with Crippen molar-refractivity contribution in [3.63, 3.8) is 0 Å². The summed E-state index contributed by atoms with van der Waals surface area (Å²) in [6, 6.07) is 16.1. The average molecular weight is 377 g/mol. The maximum absolute atomic E-state index is 12.7. The molecule has 5 nitrogen and oxygen atoms in total. The van der Waals surface area contributed by atoms with Gasteiger partial charge in [0.1, 0.15) is 0 Å². The summed E-state index contributed by atoms with van der Waals surface area (Å²) in [5.74, 6) is -0.326. The van der Waals surface area contributed by atoms with Crippen LogP contribution in [0, 0.1) is 12.8 Å². The first-order valence-electron chi connectivity index (χ1n) is 10.1. The lowest BCUT2D eigenvalue weighted by molar-refractivity contribution is -0.126. The number of nitrogens with one attached hydrogen (secondary N) is 1. The van der Waals surface area contributed by atoms with Crippen molar-refractivity contribution < 1.29 is 9.59 Å². The smallest absolute Gasteiger partial charge is 0.227 e. The molecule has 0 radical (unpaired) electrons. The number of aryl methyl sites for hydroxylation is 1. The number of anilines is 2. The molecule has 0 spiro atoms. The van der Waals surface area contributed by atoms with Crippen LogP contribution in [0.1, 0.15) is 30.4 Å². The van der Waals surface area contributed by atoms with Crippen LogP contribution in [0.5, 0.6) is 0 Å². The highest BCUT2D eigenvalue weighted by atomic mass is 16.2. The number of carbonyl (C=O) groups is 2. The molecule has 2 aromatic rings. The molecule has 2 aliphatic rings. The van der Waals surface area contributed by atoms with Crippen LogP contribution < -0.4 is 15.1 Å². The number of para-hydroxylation sites is 1. The fourth-order valence-corrected chi connectivity index (χ4v) is 4.11. The highest BCUT2D eigenvalue weighted by Gasteiger charge is 2.35. The Kier molecular flexibility index (Phi) is 5.33. The topological polar surface area (TPSA) is 52.7 Å². The zero-order chi connectivity index (χ0) is 19.5. The van der Waals surface area contributed by atoms with Crippen LogP contribution in [-0.4, -0.2) is 31.4 Å². The highest BCUT2D eigenvalue weighted by molar-refractivity contribution is 6.00. The van der Waals surface area contributed by atoms with E-state index in [-0.39, 0.29) is 24.2 Å². The van der Waals surface area contributed by atoms with Crippen molar-refractivity contribution >= 4 is 23.2 Å². The predicted molar refractivity (Wildman–Crippen MR) is 111 cm³/mol. The normalized spacial score (nSPS) is 19.3. The molecular formula is C23H27N3O2. The number of carbonyl (C=O) groups excluding carboxylic acids is 2. The maximum Gasteiger partial charge on any atom is 0.227 e. The molecule has 2 aliphatic heterocycles. The SMILES string of the molecule is Cc1ccc(N2CC(C(=O)NCc3ccccc3N3CCCC3)CC2=O)cc1. The first-order chi connectivity index (χ1) is 13.6. The molecular weight excluding hydrogens is 350 g/mol. The fraction of sp³-hybridized carbons (Fsp3) is 0.391. The van der Waals surface area contributed by atoms with Crippen LogP contribution in [0.3, 0.4) is 0 Å². The summed E-state index contributed by atoms with van der Waals surface area (Å²) in [5.41, 5.74) is 4.37. The molecule has 28 heavy (non-hydrogen) atoms. The molecule has 2 saturated heterocycles. The van der Waals surface area contributed by atoms with Crippen molar-refractivity contribution in [2.75, 3.05) is 29.4 Å². The van der Waals surface area contributed by atoms with Crippen LogP contribution in [0.25, 0.3) is 0 Å². The first kappa shape index (κ1) is 18.5. The van der Waals surface area contributed by atoms with Crippen molar-refractivity contribution in [3.8, 4) is 0 Å². The number of hydrogen-bond acceptors (Lipinski definition) is 3. The standard InChI is InChI=1S/C23H27N3O2/c1-17-8-10-20(11-9-17)26-16-19(14-22(26)27)23(28)24-15-18-6-2-3-7-21(18)25-12-4-5-13-25/h2-3,6-11,19H,4-5,12-16H2,1H3,(H,24,28). The van der Waals surface area contributed by atoms with Crippen LogP contribution in [0.2, 0.25) is 0 Å². The molecule has 2 fully saturated rings. The van der Waals surface area contributed by atoms with Gasteiger partial charge in [-0.3, -0.25) is 9.59 Å². The number of amides is 2. The van der Waals surface area contributed by atoms with Gasteiger partial charge in [-0.2, -0.15) is 0 Å². The van der Waals surface area contributed by atoms with Gasteiger partial charge in [-0.25, -0.2) is 0 Å². The second-order valence-corrected chi connectivity index (χ2v) is 7.78. The third kappa shape index (κ3) is 3.88. The van der Waals surface area contributed by atoms with Gasteiger partial charge >= 0.3 is 0 Å². The van der Waals surface area contributed by atoms with Crippen LogP contribution in [0.15, 0.2) is 48.5 Å². The molecule has 0 saturated carbocycles. The lowest BCUT2D eigenvalue weighted by atomic mass is 10.1. The molecule has 1 N–H and O–H groups in total. The molecule has 2 aromatic carbocycles. The lowest BCUT2D eigenvalue weighted by Crippen LogP contribution is -2.33. The van der Waals surface area contributed by atoms with E-state index in [9.17, 15) is 9.59 Å². The van der Waals surface area contributed by atoms with E-state index in [2.05, 4.69) is 22.3 Å². The van der Waals surface area contributed by atoms with E-state index in [0.29, 0.717) is 13.1 Å². The van der Waals surface area contributed by atoms with Crippen molar-refractivity contribution in [2.45, 2.75) is 32.7 Å². The molecule has 1 unspecified atom stereocenters. The van der Waals surface area contributed by atoms with E-state index in [1.165, 1.54) is 18.5 Å². The Balaban J connectivity index is 1.38. The van der Waals surface area contributed by atoms with Crippen molar-refractivity contribution in [2.24, 2.45) is 5.92 Å². The van der Waals surface area contributed by atoms with Crippen molar-refractivity contribution in [3.05, 3.63) is 59.7 Å². The Morgan fingerprint density at radius 3 is 2.54 bits per heavy atom. The van der Waals surface area contributed by atoms with Crippen molar-refractivity contribution in [1.82, 2.24) is 5.32 Å². The largest absolute Gasteiger partial charge is 0.371 e. The summed E-state index contributed by atoms with van der Waals surface area (Å²) in [6.45, 7) is 5.12. The minimum Gasteiger partial charge on any atom is -0.371 e. The van der Waals surface area contributed by atoms with Gasteiger partial charge in [-0.15, -0.1) is 0 Å². The van der Waals surface area contributed by atoms with E-state index in [1.54, 1.807) is 4.90 Å². The van der Waals surface area contributed by atoms with E-state index in [0.717, 1.165) is 29.9 Å². The Morgan fingerprint density at radius 1 is 1.07 bits per heavy atom. The molecule has 4 rings (SSSR count). The van der Waals surface area contributed by atoms with Gasteiger partial charge in [0.15, 0.2) is 0 Å². The van der Waals surface area contributed by atoms with Crippen LogP contribution >= 0.6 is 0 Å². The van der Waals surface area contributed by atoms with E-state index < -0.39 is 0 Å². The zero-order valence-electron chi connectivity index (χ0n) is 16.4. The quantitative estimate of drug-likeness (QED) is 0.870. The molecule has 146 valence electrons. The van der Waals surface area contributed by atoms with Gasteiger partial charge in [0.05, 0.1) is 5.92 Å². The molecule has 2 amide bonds. The minimum atomic E-state index is -0.298. The summed E-state index contributed by atoms with van der Waals surface area (Å²) in [5, 5.41) is 3.06. The summed E-state index contributed by atoms with van der Waals surface area (Å²) < 4.78 is 0. The van der Waals surface area contributed by atoms with E-state index in [1.807, 2.05) is 43.3 Å². The van der Waals surface area contributed by atoms with Gasteiger partial charge in [-0.1, -0.05) is 35.9 Å². The van der Waals surface area contributed by atoms with Gasteiger partial charge in [0.2, 0.25) is 11.8 Å². The summed E-state index contributed by atoms with van der Waals surface area (Å²) in [7, 11) is 0. The van der Waals surface area contributed by atoms with Crippen molar-refractivity contribution in [1.29, 1.82) is 0 Å². The first-order valence-corrected chi connectivity index (χ1v) is 10.1. The Morgan fingerprint density at radius 2 is 1.79 bits per heavy atom. The third-order valence-electron chi connectivity index (χ3n) is 5.73. The molecule has 0 aromatic heterocycles.